The van der Waals surface area contributed by atoms with Crippen molar-refractivity contribution in [2.24, 2.45) is 17.8 Å². The predicted octanol–water partition coefficient (Wildman–Crippen LogP) is -0.0636. The minimum atomic E-state index is -0.824. The summed E-state index contributed by atoms with van der Waals surface area (Å²) in [5, 5.41) is 18.4. The van der Waals surface area contributed by atoms with Gasteiger partial charge < -0.3 is 15.1 Å². The standard InChI is InChI=1S/C11H17NO4/c1-6(13)12-4-9(7-2-8(14)3-7)10(5-12)11(15)16/h7-10,14H,2-5H2,1H3,(H,15,16)/t7?,8?,9-,10+/m1/s1. The van der Waals surface area contributed by atoms with Gasteiger partial charge in [-0.3, -0.25) is 9.59 Å². The first-order valence-electron chi connectivity index (χ1n) is 5.65. The van der Waals surface area contributed by atoms with Crippen LogP contribution in [0, 0.1) is 17.8 Å². The second-order valence-corrected chi connectivity index (χ2v) is 4.92. The van der Waals surface area contributed by atoms with Crippen molar-refractivity contribution in [3.05, 3.63) is 0 Å². The fourth-order valence-corrected chi connectivity index (χ4v) is 2.80. The maximum Gasteiger partial charge on any atom is 0.308 e. The van der Waals surface area contributed by atoms with Crippen molar-refractivity contribution in [1.82, 2.24) is 4.90 Å². The number of hydrogen-bond acceptors (Lipinski definition) is 3. The lowest BCUT2D eigenvalue weighted by Gasteiger charge is -2.37. The summed E-state index contributed by atoms with van der Waals surface area (Å²) in [7, 11) is 0. The Morgan fingerprint density at radius 1 is 1.25 bits per heavy atom. The minimum Gasteiger partial charge on any atom is -0.481 e. The molecule has 0 aromatic heterocycles. The summed E-state index contributed by atoms with van der Waals surface area (Å²) in [5.41, 5.74) is 0. The van der Waals surface area contributed by atoms with E-state index < -0.39 is 11.9 Å². The maximum atomic E-state index is 11.2. The number of carboxylic acids is 1. The molecule has 1 heterocycles. The van der Waals surface area contributed by atoms with Crippen LogP contribution in [-0.4, -0.2) is 46.2 Å². The highest BCUT2D eigenvalue weighted by molar-refractivity contribution is 5.77. The van der Waals surface area contributed by atoms with Crippen LogP contribution >= 0.6 is 0 Å². The molecular weight excluding hydrogens is 210 g/mol. The third-order valence-electron chi connectivity index (χ3n) is 3.88. The molecule has 0 radical (unpaired) electrons. The van der Waals surface area contributed by atoms with E-state index in [9.17, 15) is 14.7 Å². The van der Waals surface area contributed by atoms with Gasteiger partial charge in [-0.15, -0.1) is 0 Å². The van der Waals surface area contributed by atoms with Crippen LogP contribution in [0.25, 0.3) is 0 Å². The van der Waals surface area contributed by atoms with Gasteiger partial charge in [0.2, 0.25) is 5.91 Å². The van der Waals surface area contributed by atoms with E-state index in [1.807, 2.05) is 0 Å². The molecule has 2 fully saturated rings. The highest BCUT2D eigenvalue weighted by atomic mass is 16.4. The highest BCUT2D eigenvalue weighted by Gasteiger charge is 2.46. The van der Waals surface area contributed by atoms with Crippen molar-refractivity contribution in [3.63, 3.8) is 0 Å². The first kappa shape index (κ1) is 11.4. The van der Waals surface area contributed by atoms with E-state index in [2.05, 4.69) is 0 Å². The number of carbonyl (C=O) groups is 2. The number of likely N-dealkylation sites (tertiary alicyclic amines) is 1. The largest absolute Gasteiger partial charge is 0.481 e. The van der Waals surface area contributed by atoms with Crippen LogP contribution in [0.2, 0.25) is 0 Å². The summed E-state index contributed by atoms with van der Waals surface area (Å²) in [6, 6.07) is 0. The normalized spacial score (nSPS) is 38.2. The molecule has 16 heavy (non-hydrogen) atoms. The van der Waals surface area contributed by atoms with Crippen LogP contribution in [0.5, 0.6) is 0 Å². The second-order valence-electron chi connectivity index (χ2n) is 4.92. The molecule has 1 saturated heterocycles. The average molecular weight is 227 g/mol. The van der Waals surface area contributed by atoms with Crippen molar-refractivity contribution in [1.29, 1.82) is 0 Å². The Labute approximate surface area is 94.0 Å². The Balaban J connectivity index is 2.04. The predicted molar refractivity (Wildman–Crippen MR) is 55.6 cm³/mol. The molecule has 2 N–H and O–H groups in total. The zero-order valence-corrected chi connectivity index (χ0v) is 9.30. The first-order valence-corrected chi connectivity index (χ1v) is 5.65. The number of hydrogen-bond donors (Lipinski definition) is 2. The Morgan fingerprint density at radius 2 is 1.88 bits per heavy atom. The number of carbonyl (C=O) groups excluding carboxylic acids is 1. The molecule has 5 heteroatoms. The van der Waals surface area contributed by atoms with E-state index in [0.29, 0.717) is 25.9 Å². The highest BCUT2D eigenvalue weighted by Crippen LogP contribution is 2.41. The Kier molecular flexibility index (Phi) is 2.88. The Morgan fingerprint density at radius 3 is 2.31 bits per heavy atom. The number of aliphatic carboxylic acids is 1. The van der Waals surface area contributed by atoms with Crippen LogP contribution in [0.15, 0.2) is 0 Å². The van der Waals surface area contributed by atoms with Gasteiger partial charge in [0.05, 0.1) is 12.0 Å². The van der Waals surface area contributed by atoms with E-state index in [1.165, 1.54) is 6.92 Å². The van der Waals surface area contributed by atoms with Gasteiger partial charge in [-0.05, 0) is 24.7 Å². The molecule has 90 valence electrons. The lowest BCUT2D eigenvalue weighted by atomic mass is 9.70. The van der Waals surface area contributed by atoms with E-state index in [4.69, 9.17) is 5.11 Å². The van der Waals surface area contributed by atoms with Gasteiger partial charge in [0.15, 0.2) is 0 Å². The van der Waals surface area contributed by atoms with Gasteiger partial charge in [-0.1, -0.05) is 0 Å². The zero-order valence-electron chi connectivity index (χ0n) is 9.30. The maximum absolute atomic E-state index is 11.2. The first-order chi connectivity index (χ1) is 7.49. The Hall–Kier alpha value is -1.10. The van der Waals surface area contributed by atoms with Crippen molar-refractivity contribution in [3.8, 4) is 0 Å². The molecule has 1 aliphatic carbocycles. The molecule has 2 aliphatic rings. The van der Waals surface area contributed by atoms with Crippen LogP contribution in [0.4, 0.5) is 0 Å². The quantitative estimate of drug-likeness (QED) is 0.692. The number of carboxylic acid groups (broad SMARTS) is 1. The van der Waals surface area contributed by atoms with Crippen LogP contribution in [0.1, 0.15) is 19.8 Å². The van der Waals surface area contributed by atoms with Crippen molar-refractivity contribution in [2.75, 3.05) is 13.1 Å². The fourth-order valence-electron chi connectivity index (χ4n) is 2.80. The van der Waals surface area contributed by atoms with Crippen molar-refractivity contribution in [2.45, 2.75) is 25.9 Å². The molecule has 1 saturated carbocycles. The van der Waals surface area contributed by atoms with E-state index >= 15 is 0 Å². The van der Waals surface area contributed by atoms with E-state index in [1.54, 1.807) is 4.90 Å². The summed E-state index contributed by atoms with van der Waals surface area (Å²) in [6.07, 6.45) is 1.09. The van der Waals surface area contributed by atoms with E-state index in [-0.39, 0.29) is 23.8 Å². The van der Waals surface area contributed by atoms with Gasteiger partial charge >= 0.3 is 5.97 Å². The fraction of sp³-hybridized carbons (Fsp3) is 0.818. The third-order valence-corrected chi connectivity index (χ3v) is 3.88. The van der Waals surface area contributed by atoms with Crippen LogP contribution in [-0.2, 0) is 9.59 Å². The monoisotopic (exact) mass is 227 g/mol. The number of aliphatic hydroxyl groups excluding tert-OH is 1. The van der Waals surface area contributed by atoms with Gasteiger partial charge in [0, 0.05) is 20.0 Å². The SMILES string of the molecule is CC(=O)N1C[C@H](C(=O)O)[C@@H](C2CC(O)C2)C1. The minimum absolute atomic E-state index is 0.0183. The number of aliphatic hydroxyl groups is 1. The lowest BCUT2D eigenvalue weighted by Crippen LogP contribution is -2.39. The topological polar surface area (TPSA) is 77.8 Å². The average Bonchev–Trinajstić information content (AvgIpc) is 2.56. The molecule has 1 aliphatic heterocycles. The van der Waals surface area contributed by atoms with Gasteiger partial charge in [-0.2, -0.15) is 0 Å². The second kappa shape index (κ2) is 4.05. The molecule has 0 spiro atoms. The third kappa shape index (κ3) is 1.91. The molecular formula is C11H17NO4. The molecule has 2 atom stereocenters. The number of rotatable bonds is 2. The lowest BCUT2D eigenvalue weighted by molar-refractivity contribution is -0.144. The van der Waals surface area contributed by atoms with Crippen molar-refractivity contribution >= 4 is 11.9 Å². The summed E-state index contributed by atoms with van der Waals surface area (Å²) in [4.78, 5) is 23.9. The molecule has 0 bridgehead atoms. The van der Waals surface area contributed by atoms with Gasteiger partial charge in [0.25, 0.3) is 0 Å². The molecule has 0 aromatic carbocycles. The summed E-state index contributed by atoms with van der Waals surface area (Å²) in [6.45, 7) is 2.32. The summed E-state index contributed by atoms with van der Waals surface area (Å²) in [5.74, 6) is -1.06. The molecule has 0 unspecified atom stereocenters. The van der Waals surface area contributed by atoms with Gasteiger partial charge in [-0.25, -0.2) is 0 Å². The smallest absolute Gasteiger partial charge is 0.308 e. The summed E-state index contributed by atoms with van der Waals surface area (Å²) >= 11 is 0. The zero-order chi connectivity index (χ0) is 11.9. The Bertz CT molecular complexity index is 311. The number of nitrogens with zero attached hydrogens (tertiary/aromatic N) is 1. The van der Waals surface area contributed by atoms with Crippen molar-refractivity contribution < 1.29 is 19.8 Å². The van der Waals surface area contributed by atoms with Crippen LogP contribution in [0.3, 0.4) is 0 Å². The molecule has 2 rings (SSSR count). The summed E-state index contributed by atoms with van der Waals surface area (Å²) < 4.78 is 0. The number of amides is 1. The van der Waals surface area contributed by atoms with E-state index in [0.717, 1.165) is 0 Å². The van der Waals surface area contributed by atoms with Crippen LogP contribution < -0.4 is 0 Å². The molecule has 5 nitrogen and oxygen atoms in total. The molecule has 1 amide bonds. The molecule has 0 aromatic rings. The van der Waals surface area contributed by atoms with Gasteiger partial charge in [0.1, 0.15) is 0 Å².